The lowest BCUT2D eigenvalue weighted by atomic mass is 9.99. The van der Waals surface area contributed by atoms with E-state index in [1.807, 2.05) is 27.7 Å². The molecule has 0 aliphatic carbocycles. The number of hydrogen-bond acceptors (Lipinski definition) is 15. The quantitative estimate of drug-likeness (QED) is 0.0174. The number of rotatable bonds is 39. The summed E-state index contributed by atoms with van der Waals surface area (Å²) < 4.78 is 0. The first-order valence-electron chi connectivity index (χ1n) is 26.1. The molecule has 0 heterocycles. The Morgan fingerprint density at radius 2 is 0.987 bits per heavy atom. The number of nitrogens with zero attached hydrogens (tertiary/aromatic N) is 1. The lowest BCUT2D eigenvalue weighted by molar-refractivity contribution is -0.142. The van der Waals surface area contributed by atoms with Crippen molar-refractivity contribution in [2.24, 2.45) is 51.6 Å². The van der Waals surface area contributed by atoms with E-state index in [1.54, 1.807) is 34.0 Å². The first-order chi connectivity index (χ1) is 35.9. The zero-order chi connectivity index (χ0) is 59.1. The molecule has 0 saturated heterocycles. The number of carboxylic acids is 2. The van der Waals surface area contributed by atoms with Crippen molar-refractivity contribution in [2.75, 3.05) is 31.6 Å². The Labute approximate surface area is 456 Å². The van der Waals surface area contributed by atoms with Crippen LogP contribution in [0.25, 0.3) is 0 Å². The summed E-state index contributed by atoms with van der Waals surface area (Å²) in [6, 6.07) is -11.5. The van der Waals surface area contributed by atoms with Gasteiger partial charge in [-0.1, -0.05) is 55.4 Å². The zero-order valence-electron chi connectivity index (χ0n) is 46.5. The normalized spacial score (nSPS) is 14.8. The average Bonchev–Trinajstić information content (AvgIpc) is 3.32. The van der Waals surface area contributed by atoms with Gasteiger partial charge in [-0.15, -0.1) is 0 Å². The fraction of sp³-hybridized carbons (Fsp3) is 0.755. The number of nitrogens with two attached hydrogens (primary N) is 4. The van der Waals surface area contributed by atoms with Gasteiger partial charge in [-0.2, -0.15) is 11.8 Å². The predicted octanol–water partition coefficient (Wildman–Crippen LogP) is -2.38. The van der Waals surface area contributed by atoms with Gasteiger partial charge in [-0.3, -0.25) is 52.9 Å². The van der Waals surface area contributed by atoms with Gasteiger partial charge in [0.15, 0.2) is 5.96 Å². The minimum absolute atomic E-state index is 0.0309. The molecule has 0 aliphatic rings. The van der Waals surface area contributed by atoms with E-state index in [9.17, 15) is 63.0 Å². The number of hydrogen-bond donors (Lipinski definition) is 15. The summed E-state index contributed by atoms with van der Waals surface area (Å²) in [7, 11) is 0. The Hall–Kier alpha value is -6.29. The second kappa shape index (κ2) is 37.5. The van der Waals surface area contributed by atoms with Crippen molar-refractivity contribution in [3.8, 4) is 0 Å². The fourth-order valence-corrected chi connectivity index (χ4v) is 7.99. The van der Waals surface area contributed by atoms with Crippen molar-refractivity contribution in [1.29, 1.82) is 0 Å². The Bertz CT molecular complexity index is 1990. The number of aliphatic carboxylic acids is 2. The fourth-order valence-electron chi connectivity index (χ4n) is 7.52. The third kappa shape index (κ3) is 30.3. The van der Waals surface area contributed by atoms with Crippen molar-refractivity contribution < 1.29 is 63.0 Å². The third-order valence-corrected chi connectivity index (χ3v) is 12.2. The molecule has 0 aromatic heterocycles. The summed E-state index contributed by atoms with van der Waals surface area (Å²) in [5.41, 5.74) is 22.6. The van der Waals surface area contributed by atoms with E-state index >= 15 is 0 Å². The van der Waals surface area contributed by atoms with E-state index in [1.165, 1.54) is 18.7 Å². The van der Waals surface area contributed by atoms with Crippen LogP contribution in [0.3, 0.4) is 0 Å². The van der Waals surface area contributed by atoms with Gasteiger partial charge >= 0.3 is 11.9 Å². The average molecular weight is 1120 g/mol. The van der Waals surface area contributed by atoms with Gasteiger partial charge in [0.1, 0.15) is 48.3 Å². The maximum atomic E-state index is 13.8. The summed E-state index contributed by atoms with van der Waals surface area (Å²) >= 11 is 1.40. The Kier molecular flexibility index (Phi) is 34.4. The summed E-state index contributed by atoms with van der Waals surface area (Å²) in [6.07, 6.45) is 2.66. The maximum absolute atomic E-state index is 13.8. The molecule has 9 atom stereocenters. The lowest BCUT2D eigenvalue weighted by Crippen LogP contribution is -2.59. The molecule has 27 nitrogen and oxygen atoms in total. The monoisotopic (exact) mass is 1110 g/mol. The van der Waals surface area contributed by atoms with E-state index in [-0.39, 0.29) is 68.8 Å². The number of guanidine groups is 1. The van der Waals surface area contributed by atoms with E-state index in [0.29, 0.717) is 31.6 Å². The van der Waals surface area contributed by atoms with Gasteiger partial charge in [-0.05, 0) is 107 Å². The van der Waals surface area contributed by atoms with Gasteiger partial charge in [0, 0.05) is 6.54 Å². The van der Waals surface area contributed by atoms with Crippen LogP contribution in [-0.2, 0) is 52.7 Å². The van der Waals surface area contributed by atoms with Gasteiger partial charge in [0.25, 0.3) is 0 Å². The minimum atomic E-state index is -1.79. The second-order valence-corrected chi connectivity index (χ2v) is 21.5. The van der Waals surface area contributed by atoms with Crippen LogP contribution in [0.15, 0.2) is 4.99 Å². The molecule has 0 bridgehead atoms. The number of aliphatic imine (C=N–C) groups is 1. The highest BCUT2D eigenvalue weighted by molar-refractivity contribution is 7.98. The molecular formula is C49H90N14O13S. The van der Waals surface area contributed by atoms with Crippen LogP contribution in [0, 0.1) is 23.7 Å². The number of thioether (sulfide) groups is 1. The van der Waals surface area contributed by atoms with Gasteiger partial charge in [0.2, 0.25) is 53.2 Å². The predicted molar refractivity (Wildman–Crippen MR) is 291 cm³/mol. The first-order valence-corrected chi connectivity index (χ1v) is 27.5. The van der Waals surface area contributed by atoms with Crippen LogP contribution in [0.1, 0.15) is 127 Å². The van der Waals surface area contributed by atoms with Crippen molar-refractivity contribution in [3.05, 3.63) is 0 Å². The third-order valence-electron chi connectivity index (χ3n) is 11.6. The Balaban J connectivity index is 6.16. The Morgan fingerprint density at radius 3 is 1.48 bits per heavy atom. The highest BCUT2D eigenvalue weighted by atomic mass is 32.2. The first kappa shape index (κ1) is 70.7. The minimum Gasteiger partial charge on any atom is -0.481 e. The molecule has 0 aromatic rings. The summed E-state index contributed by atoms with van der Waals surface area (Å²) in [6.45, 7) is 15.1. The molecule has 9 amide bonds. The van der Waals surface area contributed by atoms with E-state index < -0.39 is 138 Å². The summed E-state index contributed by atoms with van der Waals surface area (Å²) in [5, 5.41) is 41.9. The van der Waals surface area contributed by atoms with Crippen molar-refractivity contribution in [1.82, 2.24) is 47.9 Å². The van der Waals surface area contributed by atoms with Crippen LogP contribution < -0.4 is 70.8 Å². The molecule has 0 aromatic carbocycles. The molecular weight excluding hydrogens is 1020 g/mol. The molecule has 440 valence electrons. The smallest absolute Gasteiger partial charge is 0.326 e. The highest BCUT2D eigenvalue weighted by Gasteiger charge is 2.35. The van der Waals surface area contributed by atoms with E-state index in [0.717, 1.165) is 0 Å². The second-order valence-electron chi connectivity index (χ2n) is 20.6. The number of carbonyl (C=O) groups excluding carboxylic acids is 9. The number of unbranched alkanes of at least 4 members (excludes halogenated alkanes) is 1. The molecule has 0 radical (unpaired) electrons. The van der Waals surface area contributed by atoms with E-state index in [4.69, 9.17) is 22.9 Å². The van der Waals surface area contributed by atoms with Crippen LogP contribution in [0.4, 0.5) is 0 Å². The SMILES string of the molecule is CSCC[C@H](NC(=O)[C@H](CCCCN)NC(=O)[C@@H](NC(=O)[C@H](CC(C)C)NC(=O)CNC(=O)[C@H](C)NC(=O)[C@H](CC(=O)O)NC(=O)[C@H](CCCN=C(N)N)NC(=O)[C@H](CC(C)C)NC(=O)[C@@H](N)CC(C)C)C(C)C)C(=O)O. The number of carboxylic acid groups (broad SMARTS) is 2. The number of carbonyl (C=O) groups is 11. The molecule has 0 unspecified atom stereocenters. The molecule has 0 fully saturated rings. The molecule has 77 heavy (non-hydrogen) atoms. The van der Waals surface area contributed by atoms with Crippen molar-refractivity contribution >= 4 is 82.8 Å². The Morgan fingerprint density at radius 1 is 0.519 bits per heavy atom. The summed E-state index contributed by atoms with van der Waals surface area (Å²) in [4.78, 5) is 149. The van der Waals surface area contributed by atoms with Crippen LogP contribution in [-0.4, -0.2) is 167 Å². The van der Waals surface area contributed by atoms with Crippen LogP contribution in [0.5, 0.6) is 0 Å². The molecule has 19 N–H and O–H groups in total. The number of nitrogens with one attached hydrogen (secondary N) is 9. The van der Waals surface area contributed by atoms with Gasteiger partial charge in [0.05, 0.1) is 19.0 Å². The molecule has 28 heteroatoms. The van der Waals surface area contributed by atoms with Crippen LogP contribution >= 0.6 is 11.8 Å². The summed E-state index contributed by atoms with van der Waals surface area (Å²) in [5.74, 6) is -10.7. The lowest BCUT2D eigenvalue weighted by Gasteiger charge is -2.28. The molecule has 0 rings (SSSR count). The van der Waals surface area contributed by atoms with Crippen molar-refractivity contribution in [2.45, 2.75) is 181 Å². The standard InChI is InChI=1S/C49H90N14O13S/c1-25(2)20-30(51)41(68)61-35(22-27(5)6)45(72)58-32(15-13-18-54-49(52)53)43(70)62-36(23-38(65)66)44(71)56-29(9)40(67)55-24-37(64)57-34(21-26(3)4)46(73)63-39(28(7)8)47(74)59-31(14-11-12-17-50)42(69)60-33(48(75)76)16-19-77-10/h25-36,39H,11-24,50-51H2,1-10H3,(H,55,67)(H,56,71)(H,57,64)(H,58,72)(H,59,74)(H,60,69)(H,61,68)(H,62,70)(H,63,73)(H,65,66)(H,75,76)(H4,52,53,54)/t29-,30-,31-,32-,33-,34-,35-,36-,39-/m0/s1. The van der Waals surface area contributed by atoms with Crippen molar-refractivity contribution in [3.63, 3.8) is 0 Å². The largest absolute Gasteiger partial charge is 0.481 e. The van der Waals surface area contributed by atoms with Crippen LogP contribution in [0.2, 0.25) is 0 Å². The molecule has 0 saturated carbocycles. The van der Waals surface area contributed by atoms with Gasteiger partial charge in [-0.25, -0.2) is 4.79 Å². The van der Waals surface area contributed by atoms with E-state index in [2.05, 4.69) is 52.8 Å². The van der Waals surface area contributed by atoms with Gasteiger partial charge < -0.3 is 81.0 Å². The number of amides is 9. The molecule has 0 aliphatic heterocycles. The highest BCUT2D eigenvalue weighted by Crippen LogP contribution is 2.13. The topological polar surface area (TPSA) is 453 Å². The molecule has 0 spiro atoms. The maximum Gasteiger partial charge on any atom is 0.326 e. The zero-order valence-corrected chi connectivity index (χ0v) is 47.3.